The third-order valence-corrected chi connectivity index (χ3v) is 7.78. The number of primary amides is 1. The van der Waals surface area contributed by atoms with E-state index in [2.05, 4.69) is 0 Å². The molecule has 3 atom stereocenters. The number of nitrogens with zero attached hydrogens (tertiary/aromatic N) is 3. The van der Waals surface area contributed by atoms with E-state index in [0.29, 0.717) is 26.5 Å². The molecule has 3 rings (SSSR count). The average molecular weight is 675 g/mol. The number of carbonyl (C=O) groups excluding carboxylic acids is 4. The van der Waals surface area contributed by atoms with Gasteiger partial charge in [0.1, 0.15) is 37.8 Å². The number of carboxylic acids is 3. The van der Waals surface area contributed by atoms with E-state index >= 15 is 0 Å². The Balaban J connectivity index is 2.04. The van der Waals surface area contributed by atoms with Crippen LogP contribution < -0.4 is 5.73 Å². The maximum atomic E-state index is 14.0. The Morgan fingerprint density at radius 2 is 0.796 bits per heavy atom. The minimum absolute atomic E-state index is 0.180. The summed E-state index contributed by atoms with van der Waals surface area (Å²) >= 11 is 0. The Kier molecular flexibility index (Phi) is 13.6. The largest absolute Gasteiger partial charge is 0.480 e. The van der Waals surface area contributed by atoms with Gasteiger partial charge in [0.15, 0.2) is 0 Å². The van der Waals surface area contributed by atoms with Crippen molar-refractivity contribution in [2.75, 3.05) is 19.6 Å². The highest BCUT2D eigenvalue weighted by molar-refractivity contribution is 5.95. The molecule has 0 unspecified atom stereocenters. The summed E-state index contributed by atoms with van der Waals surface area (Å²) in [6, 6.07) is 19.9. The minimum Gasteiger partial charge on any atom is -0.480 e. The van der Waals surface area contributed by atoms with Crippen molar-refractivity contribution in [1.29, 1.82) is 0 Å². The highest BCUT2D eigenvalue weighted by Crippen LogP contribution is 2.17. The van der Waals surface area contributed by atoms with Crippen molar-refractivity contribution in [3.63, 3.8) is 0 Å². The third kappa shape index (κ3) is 11.0. The van der Waals surface area contributed by atoms with Gasteiger partial charge in [0.05, 0.1) is 0 Å². The summed E-state index contributed by atoms with van der Waals surface area (Å²) < 4.78 is 0. The highest BCUT2D eigenvalue weighted by atomic mass is 16.4. The van der Waals surface area contributed by atoms with Crippen LogP contribution in [0.2, 0.25) is 0 Å². The van der Waals surface area contributed by atoms with E-state index in [1.54, 1.807) is 91.0 Å². The lowest BCUT2D eigenvalue weighted by Crippen LogP contribution is -2.58. The van der Waals surface area contributed by atoms with Gasteiger partial charge in [-0.15, -0.1) is 0 Å². The van der Waals surface area contributed by atoms with Crippen LogP contribution in [0.25, 0.3) is 0 Å². The smallest absolute Gasteiger partial charge is 0.326 e. The van der Waals surface area contributed by atoms with E-state index < -0.39 is 79.3 Å². The fourth-order valence-electron chi connectivity index (χ4n) is 5.33. The SMILES string of the molecule is CC(=O)N(CC(=O)N(CC(=O)N(CC(N)=O)[C@@H](Cc1ccccc1)C(=O)O)[C@@H](Cc1ccccc1)C(=O)O)[C@@H](Cc1ccccc1)C(=O)O. The molecule has 0 radical (unpaired) electrons. The summed E-state index contributed by atoms with van der Waals surface area (Å²) in [4.78, 5) is 92.4. The van der Waals surface area contributed by atoms with Crippen LogP contribution >= 0.6 is 0 Å². The molecule has 0 saturated carbocycles. The topological polar surface area (TPSA) is 216 Å². The molecular weight excluding hydrogens is 636 g/mol. The summed E-state index contributed by atoms with van der Waals surface area (Å²) in [5.74, 6) is -8.50. The lowest BCUT2D eigenvalue weighted by Gasteiger charge is -2.35. The number of rotatable bonds is 18. The Bertz CT molecular complexity index is 1640. The van der Waals surface area contributed by atoms with Gasteiger partial charge < -0.3 is 35.8 Å². The second kappa shape index (κ2) is 17.8. The molecule has 49 heavy (non-hydrogen) atoms. The lowest BCUT2D eigenvalue weighted by atomic mass is 10.0. The van der Waals surface area contributed by atoms with Crippen molar-refractivity contribution in [1.82, 2.24) is 14.7 Å². The van der Waals surface area contributed by atoms with E-state index in [4.69, 9.17) is 5.73 Å². The van der Waals surface area contributed by atoms with Crippen molar-refractivity contribution in [2.45, 2.75) is 44.3 Å². The first kappa shape index (κ1) is 37.4. The Morgan fingerprint density at radius 1 is 0.510 bits per heavy atom. The van der Waals surface area contributed by atoms with Crippen LogP contribution in [0.5, 0.6) is 0 Å². The first-order valence-electron chi connectivity index (χ1n) is 15.2. The predicted molar refractivity (Wildman–Crippen MR) is 175 cm³/mol. The summed E-state index contributed by atoms with van der Waals surface area (Å²) in [5, 5.41) is 30.5. The number of benzene rings is 3. The fraction of sp³-hybridized carbons (Fsp3) is 0.286. The van der Waals surface area contributed by atoms with Crippen LogP contribution in [0.4, 0.5) is 0 Å². The Hall–Kier alpha value is -6.05. The Morgan fingerprint density at radius 3 is 1.08 bits per heavy atom. The van der Waals surface area contributed by atoms with Gasteiger partial charge in [-0.2, -0.15) is 0 Å². The maximum Gasteiger partial charge on any atom is 0.326 e. The van der Waals surface area contributed by atoms with E-state index in [1.807, 2.05) is 0 Å². The zero-order valence-corrected chi connectivity index (χ0v) is 26.8. The summed E-state index contributed by atoms with van der Waals surface area (Å²) in [7, 11) is 0. The van der Waals surface area contributed by atoms with Crippen LogP contribution in [0.3, 0.4) is 0 Å². The van der Waals surface area contributed by atoms with Gasteiger partial charge in [0.25, 0.3) is 0 Å². The molecule has 0 saturated heterocycles. The molecule has 3 aromatic carbocycles. The quantitative estimate of drug-likeness (QED) is 0.150. The summed E-state index contributed by atoms with van der Waals surface area (Å²) in [5.41, 5.74) is 6.91. The minimum atomic E-state index is -1.72. The maximum absolute atomic E-state index is 14.0. The van der Waals surface area contributed by atoms with Gasteiger partial charge in [-0.25, -0.2) is 14.4 Å². The molecule has 0 fully saturated rings. The number of carboxylic acid groups (broad SMARTS) is 3. The number of hydrogen-bond donors (Lipinski definition) is 4. The Labute approximate surface area is 282 Å². The van der Waals surface area contributed by atoms with Gasteiger partial charge in [-0.05, 0) is 16.7 Å². The molecule has 0 aliphatic carbocycles. The molecule has 0 aliphatic rings. The van der Waals surface area contributed by atoms with Gasteiger partial charge >= 0.3 is 17.9 Å². The van der Waals surface area contributed by atoms with Gasteiger partial charge in [-0.1, -0.05) is 91.0 Å². The lowest BCUT2D eigenvalue weighted by molar-refractivity contribution is -0.159. The summed E-state index contributed by atoms with van der Waals surface area (Å²) in [6.07, 6.45) is -0.724. The van der Waals surface area contributed by atoms with Crippen LogP contribution in [0, 0.1) is 0 Å². The van der Waals surface area contributed by atoms with Gasteiger partial charge in [0, 0.05) is 26.2 Å². The highest BCUT2D eigenvalue weighted by Gasteiger charge is 2.39. The van der Waals surface area contributed by atoms with Gasteiger partial charge in [0.2, 0.25) is 23.6 Å². The van der Waals surface area contributed by atoms with E-state index in [9.17, 15) is 48.9 Å². The first-order valence-corrected chi connectivity index (χ1v) is 15.2. The number of nitrogens with two attached hydrogens (primary N) is 1. The van der Waals surface area contributed by atoms with Crippen molar-refractivity contribution in [2.24, 2.45) is 5.73 Å². The average Bonchev–Trinajstić information content (AvgIpc) is 3.06. The molecule has 0 aromatic heterocycles. The fourth-order valence-corrected chi connectivity index (χ4v) is 5.33. The van der Waals surface area contributed by atoms with E-state index in [0.717, 1.165) is 11.8 Å². The zero-order valence-electron chi connectivity index (χ0n) is 26.8. The number of amides is 4. The zero-order chi connectivity index (χ0) is 36.1. The summed E-state index contributed by atoms with van der Waals surface area (Å²) in [6.45, 7) is -1.76. The van der Waals surface area contributed by atoms with Crippen molar-refractivity contribution >= 4 is 41.5 Å². The van der Waals surface area contributed by atoms with E-state index in [1.165, 1.54) is 0 Å². The van der Waals surface area contributed by atoms with Crippen LogP contribution in [0.15, 0.2) is 91.0 Å². The predicted octanol–water partition coefficient (Wildman–Crippen LogP) is 1.07. The molecule has 14 nitrogen and oxygen atoms in total. The molecule has 0 bridgehead atoms. The second-order valence-corrected chi connectivity index (χ2v) is 11.3. The molecule has 4 amide bonds. The van der Waals surface area contributed by atoms with Crippen molar-refractivity contribution in [3.05, 3.63) is 108 Å². The normalized spacial score (nSPS) is 12.5. The van der Waals surface area contributed by atoms with Crippen LogP contribution in [-0.4, -0.2) is 109 Å². The van der Waals surface area contributed by atoms with Crippen molar-refractivity contribution in [3.8, 4) is 0 Å². The standard InChI is InChI=1S/C35H38N4O10/c1-23(40)37(27(33(44)45)17-24-11-5-2-6-12-24)21-31(42)39(29(35(48)49)19-26-15-9-4-10-16-26)22-32(43)38(20-30(36)41)28(34(46)47)18-25-13-7-3-8-14-25/h2-16,27-29H,17-22H2,1H3,(H2,36,41)(H,44,45)(H,46,47)(H,48,49)/t27-,28-,29-/m0/s1. The molecule has 0 heterocycles. The van der Waals surface area contributed by atoms with Crippen LogP contribution in [0.1, 0.15) is 23.6 Å². The molecule has 258 valence electrons. The number of hydrogen-bond acceptors (Lipinski definition) is 7. The monoisotopic (exact) mass is 674 g/mol. The number of carbonyl (C=O) groups is 7. The molecule has 0 aliphatic heterocycles. The number of aliphatic carboxylic acids is 3. The molecule has 14 heteroatoms. The molecule has 5 N–H and O–H groups in total. The molecule has 3 aromatic rings. The van der Waals surface area contributed by atoms with Crippen LogP contribution in [-0.2, 0) is 52.8 Å². The van der Waals surface area contributed by atoms with E-state index in [-0.39, 0.29) is 19.3 Å². The van der Waals surface area contributed by atoms with Crippen molar-refractivity contribution < 1.29 is 48.9 Å². The van der Waals surface area contributed by atoms with Gasteiger partial charge in [-0.3, -0.25) is 19.2 Å². The molecule has 0 spiro atoms. The first-order chi connectivity index (χ1) is 23.3. The second-order valence-electron chi connectivity index (χ2n) is 11.3. The third-order valence-electron chi connectivity index (χ3n) is 7.78. The molecular formula is C35H38N4O10.